The van der Waals surface area contributed by atoms with E-state index in [0.29, 0.717) is 5.69 Å². The minimum absolute atomic E-state index is 0.0420. The van der Waals surface area contributed by atoms with Gasteiger partial charge in [-0.3, -0.25) is 4.79 Å². The molecule has 24 heavy (non-hydrogen) atoms. The number of carbonyl (C=O) groups excluding carboxylic acids is 1. The molecule has 1 amide bonds. The summed E-state index contributed by atoms with van der Waals surface area (Å²) in [6.45, 7) is 0. The number of benzene rings is 2. The Morgan fingerprint density at radius 2 is 1.96 bits per heavy atom. The molecule has 2 aromatic carbocycles. The number of nitrogens with zero attached hydrogens (tertiary/aromatic N) is 1. The third-order valence-electron chi connectivity index (χ3n) is 3.81. The van der Waals surface area contributed by atoms with E-state index < -0.39 is 5.97 Å². The van der Waals surface area contributed by atoms with E-state index in [4.69, 9.17) is 16.7 Å². The predicted octanol–water partition coefficient (Wildman–Crippen LogP) is 3.71. The molecular formula is C18H15ClN2O3. The normalized spacial score (nSPS) is 10.8. The zero-order chi connectivity index (χ0) is 17.3. The Balaban J connectivity index is 1.81. The minimum atomic E-state index is -1.13. The van der Waals surface area contributed by atoms with Crippen LogP contribution in [0.15, 0.2) is 48.7 Å². The van der Waals surface area contributed by atoms with Gasteiger partial charge in [0.15, 0.2) is 0 Å². The minimum Gasteiger partial charge on any atom is -0.478 e. The number of halogens is 1. The number of nitrogens with one attached hydrogen (secondary N) is 1. The number of aryl methyl sites for hydroxylation is 1. The van der Waals surface area contributed by atoms with E-state index in [1.54, 1.807) is 6.07 Å². The first kappa shape index (κ1) is 16.1. The molecule has 0 saturated carbocycles. The predicted molar refractivity (Wildman–Crippen MR) is 93.7 cm³/mol. The molecule has 0 aliphatic heterocycles. The standard InChI is InChI=1S/C18H15ClN2O3/c1-21-10-11(13-4-2-3-5-16(13)21)8-17(22)20-12-6-7-15(19)14(9-12)18(23)24/h2-7,9-10H,8H2,1H3,(H,20,22)(H,23,24). The van der Waals surface area contributed by atoms with Crippen molar-refractivity contribution in [2.45, 2.75) is 6.42 Å². The SMILES string of the molecule is Cn1cc(CC(=O)Nc2ccc(Cl)c(C(=O)O)c2)c2ccccc21. The lowest BCUT2D eigenvalue weighted by Crippen LogP contribution is -2.14. The van der Waals surface area contributed by atoms with Crippen LogP contribution in [-0.2, 0) is 18.3 Å². The van der Waals surface area contributed by atoms with Crippen molar-refractivity contribution in [3.63, 3.8) is 0 Å². The van der Waals surface area contributed by atoms with Crippen molar-refractivity contribution < 1.29 is 14.7 Å². The van der Waals surface area contributed by atoms with Gasteiger partial charge in [0.2, 0.25) is 5.91 Å². The van der Waals surface area contributed by atoms with Crippen molar-refractivity contribution >= 4 is 40.1 Å². The molecule has 0 aliphatic rings. The van der Waals surface area contributed by atoms with Gasteiger partial charge in [-0.1, -0.05) is 29.8 Å². The van der Waals surface area contributed by atoms with Gasteiger partial charge < -0.3 is 15.0 Å². The highest BCUT2D eigenvalue weighted by Crippen LogP contribution is 2.23. The van der Waals surface area contributed by atoms with Crippen LogP contribution >= 0.6 is 11.6 Å². The number of carbonyl (C=O) groups is 2. The Hall–Kier alpha value is -2.79. The summed E-state index contributed by atoms with van der Waals surface area (Å²) in [5, 5.41) is 13.0. The maximum absolute atomic E-state index is 12.3. The zero-order valence-corrected chi connectivity index (χ0v) is 13.7. The van der Waals surface area contributed by atoms with Crippen LogP contribution < -0.4 is 5.32 Å². The van der Waals surface area contributed by atoms with Gasteiger partial charge in [0, 0.05) is 29.8 Å². The average Bonchev–Trinajstić information content (AvgIpc) is 2.85. The Labute approximate surface area is 143 Å². The average molecular weight is 343 g/mol. The molecule has 0 spiro atoms. The maximum Gasteiger partial charge on any atom is 0.337 e. The summed E-state index contributed by atoms with van der Waals surface area (Å²) in [5.74, 6) is -1.35. The van der Waals surface area contributed by atoms with E-state index in [1.165, 1.54) is 12.1 Å². The molecule has 3 aromatic rings. The topological polar surface area (TPSA) is 71.3 Å². The second kappa shape index (κ2) is 6.37. The number of anilines is 1. The van der Waals surface area contributed by atoms with Crippen molar-refractivity contribution in [3.05, 3.63) is 64.8 Å². The molecule has 0 unspecified atom stereocenters. The quantitative estimate of drug-likeness (QED) is 0.759. The van der Waals surface area contributed by atoms with Crippen LogP contribution in [0.5, 0.6) is 0 Å². The highest BCUT2D eigenvalue weighted by molar-refractivity contribution is 6.33. The Bertz CT molecular complexity index is 947. The first-order valence-electron chi connectivity index (χ1n) is 7.31. The van der Waals surface area contributed by atoms with Gasteiger partial charge in [0.25, 0.3) is 0 Å². The molecule has 0 aliphatic carbocycles. The third kappa shape index (κ3) is 3.12. The summed E-state index contributed by atoms with van der Waals surface area (Å²) in [5.41, 5.74) is 2.33. The van der Waals surface area contributed by atoms with Gasteiger partial charge in [-0.2, -0.15) is 0 Å². The van der Waals surface area contributed by atoms with Gasteiger partial charge in [-0.15, -0.1) is 0 Å². The van der Waals surface area contributed by atoms with Crippen LogP contribution in [-0.4, -0.2) is 21.6 Å². The third-order valence-corrected chi connectivity index (χ3v) is 4.14. The van der Waals surface area contributed by atoms with Gasteiger partial charge in [0.1, 0.15) is 0 Å². The van der Waals surface area contributed by atoms with E-state index in [1.807, 2.05) is 42.1 Å². The lowest BCUT2D eigenvalue weighted by atomic mass is 10.1. The number of aromatic nitrogens is 1. The number of hydrogen-bond donors (Lipinski definition) is 2. The summed E-state index contributed by atoms with van der Waals surface area (Å²) >= 11 is 5.83. The lowest BCUT2D eigenvalue weighted by molar-refractivity contribution is -0.115. The molecule has 122 valence electrons. The molecule has 1 aromatic heterocycles. The molecule has 3 rings (SSSR count). The lowest BCUT2D eigenvalue weighted by Gasteiger charge is -2.07. The summed E-state index contributed by atoms with van der Waals surface area (Å²) in [7, 11) is 1.93. The van der Waals surface area contributed by atoms with Gasteiger partial charge >= 0.3 is 5.97 Å². The number of para-hydroxylation sites is 1. The highest BCUT2D eigenvalue weighted by Gasteiger charge is 2.13. The molecule has 2 N–H and O–H groups in total. The largest absolute Gasteiger partial charge is 0.478 e. The van der Waals surface area contributed by atoms with E-state index >= 15 is 0 Å². The number of carboxylic acid groups (broad SMARTS) is 1. The number of aromatic carboxylic acids is 1. The first-order valence-corrected chi connectivity index (χ1v) is 7.69. The fourth-order valence-corrected chi connectivity index (χ4v) is 2.91. The summed E-state index contributed by atoms with van der Waals surface area (Å²) < 4.78 is 1.97. The Morgan fingerprint density at radius 3 is 2.71 bits per heavy atom. The Kier molecular flexibility index (Phi) is 4.27. The number of carboxylic acids is 1. The number of fused-ring (bicyclic) bond motifs is 1. The molecule has 0 fully saturated rings. The molecule has 6 heteroatoms. The molecule has 0 atom stereocenters. The molecule has 0 saturated heterocycles. The van der Waals surface area contributed by atoms with Crippen LogP contribution in [0.2, 0.25) is 5.02 Å². The van der Waals surface area contributed by atoms with Gasteiger partial charge in [-0.05, 0) is 29.8 Å². The van der Waals surface area contributed by atoms with Crippen molar-refractivity contribution in [2.75, 3.05) is 5.32 Å². The molecule has 0 bridgehead atoms. The van der Waals surface area contributed by atoms with Crippen LogP contribution in [0.4, 0.5) is 5.69 Å². The maximum atomic E-state index is 12.3. The fourth-order valence-electron chi connectivity index (χ4n) is 2.71. The second-order valence-electron chi connectivity index (χ2n) is 5.51. The van der Waals surface area contributed by atoms with Crippen molar-refractivity contribution in [1.82, 2.24) is 4.57 Å². The van der Waals surface area contributed by atoms with E-state index in [-0.39, 0.29) is 22.9 Å². The van der Waals surface area contributed by atoms with E-state index in [2.05, 4.69) is 5.32 Å². The second-order valence-corrected chi connectivity index (χ2v) is 5.91. The summed E-state index contributed by atoms with van der Waals surface area (Å²) in [6.07, 6.45) is 2.13. The highest BCUT2D eigenvalue weighted by atomic mass is 35.5. The van der Waals surface area contributed by atoms with E-state index in [9.17, 15) is 9.59 Å². The fraction of sp³-hybridized carbons (Fsp3) is 0.111. The van der Waals surface area contributed by atoms with Crippen molar-refractivity contribution in [1.29, 1.82) is 0 Å². The number of amides is 1. The smallest absolute Gasteiger partial charge is 0.337 e. The van der Waals surface area contributed by atoms with Crippen molar-refractivity contribution in [3.8, 4) is 0 Å². The van der Waals surface area contributed by atoms with Crippen LogP contribution in [0, 0.1) is 0 Å². The first-order chi connectivity index (χ1) is 11.5. The Morgan fingerprint density at radius 1 is 1.21 bits per heavy atom. The van der Waals surface area contributed by atoms with Crippen LogP contribution in [0.1, 0.15) is 15.9 Å². The summed E-state index contributed by atoms with van der Waals surface area (Å²) in [6, 6.07) is 12.2. The van der Waals surface area contributed by atoms with Crippen molar-refractivity contribution in [2.24, 2.45) is 7.05 Å². The van der Waals surface area contributed by atoms with Crippen LogP contribution in [0.25, 0.3) is 10.9 Å². The summed E-state index contributed by atoms with van der Waals surface area (Å²) in [4.78, 5) is 23.4. The molecule has 0 radical (unpaired) electrons. The monoisotopic (exact) mass is 342 g/mol. The van der Waals surface area contributed by atoms with Gasteiger partial charge in [-0.25, -0.2) is 4.79 Å². The number of hydrogen-bond acceptors (Lipinski definition) is 2. The molecule has 5 nitrogen and oxygen atoms in total. The van der Waals surface area contributed by atoms with Crippen LogP contribution in [0.3, 0.4) is 0 Å². The van der Waals surface area contributed by atoms with E-state index in [0.717, 1.165) is 16.5 Å². The zero-order valence-electron chi connectivity index (χ0n) is 12.9. The van der Waals surface area contributed by atoms with Gasteiger partial charge in [0.05, 0.1) is 17.0 Å². The molecular weight excluding hydrogens is 328 g/mol. The number of rotatable bonds is 4. The molecule has 1 heterocycles.